The molecule has 2 aromatic rings. The van der Waals surface area contributed by atoms with Gasteiger partial charge in [-0.15, -0.1) is 11.3 Å². The van der Waals surface area contributed by atoms with Gasteiger partial charge in [-0.25, -0.2) is 14.1 Å². The number of hydrogen-bond donors (Lipinski definition) is 4. The quantitative estimate of drug-likeness (QED) is 0.589. The zero-order valence-corrected chi connectivity index (χ0v) is 18.6. The summed E-state index contributed by atoms with van der Waals surface area (Å²) in [5.74, 6) is 0.504. The van der Waals surface area contributed by atoms with Gasteiger partial charge in [-0.05, 0) is 80.0 Å². The Morgan fingerprint density at radius 3 is 2.62 bits per heavy atom. The van der Waals surface area contributed by atoms with Crippen LogP contribution in [0.1, 0.15) is 67.6 Å². The summed E-state index contributed by atoms with van der Waals surface area (Å²) in [5.41, 5.74) is 10.9. The number of fused-ring (bicyclic) bond motifs is 2. The summed E-state index contributed by atoms with van der Waals surface area (Å²) in [6, 6.07) is 1.20. The third kappa shape index (κ3) is 4.85. The van der Waals surface area contributed by atoms with Crippen LogP contribution >= 0.6 is 11.3 Å². The van der Waals surface area contributed by atoms with E-state index in [-0.39, 0.29) is 0 Å². The molecule has 0 radical (unpaired) electrons. The van der Waals surface area contributed by atoms with Crippen LogP contribution in [-0.4, -0.2) is 20.3 Å². The number of carbonyl (C=O) groups excluding carboxylic acids is 1. The first kappa shape index (κ1) is 21.9. The molecule has 4 rings (SSSR count). The molecule has 0 spiro atoms. The van der Waals surface area contributed by atoms with Gasteiger partial charge in [-0.3, -0.25) is 4.98 Å². The van der Waals surface area contributed by atoms with Crippen molar-refractivity contribution in [3.05, 3.63) is 39.5 Å². The van der Waals surface area contributed by atoms with Gasteiger partial charge in [0.25, 0.3) is 0 Å². The highest BCUT2D eigenvalue weighted by molar-refractivity contribution is 7.85. The molecule has 2 heterocycles. The molecule has 6 N–H and O–H groups in total. The number of pyridine rings is 1. The number of urea groups is 1. The molecule has 0 fully saturated rings. The zero-order valence-electron chi connectivity index (χ0n) is 16.9. The Morgan fingerprint density at radius 2 is 2.07 bits per heavy atom. The van der Waals surface area contributed by atoms with E-state index in [9.17, 15) is 14.1 Å². The van der Waals surface area contributed by atoms with Crippen LogP contribution in [0.25, 0.3) is 0 Å². The smallest absolute Gasteiger partial charge is 0.316 e. The number of nitrogens with zero attached hydrogens (tertiary/aromatic N) is 1. The number of thiophene rings is 1. The van der Waals surface area contributed by atoms with Crippen LogP contribution in [0, 0.1) is 0 Å². The molecule has 0 saturated heterocycles. The highest BCUT2D eigenvalue weighted by atomic mass is 32.2. The Kier molecular flexibility index (Phi) is 6.42. The molecule has 0 aliphatic heterocycles. The summed E-state index contributed by atoms with van der Waals surface area (Å²) < 4.78 is 11.4. The van der Waals surface area contributed by atoms with E-state index >= 15 is 0 Å². The number of carbonyl (C=O) groups is 1. The fraction of sp³-hybridized carbons (Fsp3) is 0.500. The van der Waals surface area contributed by atoms with E-state index in [1.807, 2.05) is 0 Å². The van der Waals surface area contributed by atoms with Crippen LogP contribution in [-0.2, 0) is 35.8 Å². The standard InChI is InChI=1S/C13H17N3O.C7H11NO2S2/c1-7-5-6-9-11(7)15-10-4-2-3-8(10)12(9)16-13(14)17;1-7(2,9)5-3-6(11-4-5)12(8)10/h7H,2-6H2,1H3,(H3,14,15,16,17);3-4,9H,8H2,1-2H3. The highest BCUT2D eigenvalue weighted by Gasteiger charge is 2.29. The summed E-state index contributed by atoms with van der Waals surface area (Å²) in [7, 11) is -1.44. The van der Waals surface area contributed by atoms with Gasteiger partial charge in [0, 0.05) is 11.4 Å². The second-order valence-electron chi connectivity index (χ2n) is 8.07. The third-order valence-electron chi connectivity index (χ3n) is 5.38. The van der Waals surface area contributed by atoms with Crippen molar-refractivity contribution < 1.29 is 14.1 Å². The lowest BCUT2D eigenvalue weighted by atomic mass is 10.0. The van der Waals surface area contributed by atoms with Crippen molar-refractivity contribution in [2.45, 2.75) is 68.6 Å². The van der Waals surface area contributed by atoms with Crippen molar-refractivity contribution in [1.29, 1.82) is 0 Å². The summed E-state index contributed by atoms with van der Waals surface area (Å²) in [4.78, 5) is 15.9. The number of anilines is 1. The van der Waals surface area contributed by atoms with Crippen LogP contribution in [0.5, 0.6) is 0 Å². The first-order valence-electron chi connectivity index (χ1n) is 9.66. The molecular formula is C20H28N4O3S2. The van der Waals surface area contributed by atoms with Crippen LogP contribution in [0.15, 0.2) is 15.7 Å². The molecule has 2 amide bonds. The van der Waals surface area contributed by atoms with E-state index in [0.717, 1.165) is 43.4 Å². The largest absolute Gasteiger partial charge is 0.386 e. The molecule has 2 unspecified atom stereocenters. The molecule has 158 valence electrons. The molecule has 2 aliphatic rings. The van der Waals surface area contributed by atoms with Crippen LogP contribution < -0.4 is 16.2 Å². The molecule has 2 aliphatic carbocycles. The van der Waals surface area contributed by atoms with E-state index in [0.29, 0.717) is 10.1 Å². The third-order valence-corrected chi connectivity index (χ3v) is 7.40. The van der Waals surface area contributed by atoms with E-state index in [1.54, 1.807) is 25.3 Å². The summed E-state index contributed by atoms with van der Waals surface area (Å²) in [5, 5.41) is 19.3. The average Bonchev–Trinajstić information content (AvgIpc) is 3.34. The molecule has 0 saturated carbocycles. The Labute approximate surface area is 177 Å². The lowest BCUT2D eigenvalue weighted by molar-refractivity contribution is 0.0789. The SMILES string of the molecule is CC(C)(O)c1csc(S(N)=O)c1.CC1CCc2c1nc1c(c2NC(N)=O)CCC1. The maximum Gasteiger partial charge on any atom is 0.316 e. The van der Waals surface area contributed by atoms with E-state index in [4.69, 9.17) is 15.9 Å². The van der Waals surface area contributed by atoms with Gasteiger partial charge < -0.3 is 16.2 Å². The topological polar surface area (TPSA) is 131 Å². The van der Waals surface area contributed by atoms with Crippen molar-refractivity contribution in [2.24, 2.45) is 10.9 Å². The molecule has 0 bridgehead atoms. The van der Waals surface area contributed by atoms with Crippen LogP contribution in [0.3, 0.4) is 0 Å². The minimum absolute atomic E-state index is 0.466. The fourth-order valence-corrected chi connectivity index (χ4v) is 5.38. The van der Waals surface area contributed by atoms with Gasteiger partial charge in [0.05, 0.1) is 11.3 Å². The Morgan fingerprint density at radius 1 is 1.34 bits per heavy atom. The van der Waals surface area contributed by atoms with Crippen molar-refractivity contribution in [1.82, 2.24) is 4.98 Å². The minimum Gasteiger partial charge on any atom is -0.386 e. The van der Waals surface area contributed by atoms with Crippen molar-refractivity contribution in [3.63, 3.8) is 0 Å². The van der Waals surface area contributed by atoms with Crippen LogP contribution in [0.4, 0.5) is 10.5 Å². The molecule has 9 heteroatoms. The van der Waals surface area contributed by atoms with Gasteiger partial charge in [-0.2, -0.15) is 0 Å². The number of hydrogen-bond acceptors (Lipinski definition) is 5. The predicted octanol–water partition coefficient (Wildman–Crippen LogP) is 3.07. The van der Waals surface area contributed by atoms with Gasteiger partial charge in [0.1, 0.15) is 15.2 Å². The van der Waals surface area contributed by atoms with E-state index < -0.39 is 22.6 Å². The Balaban J connectivity index is 0.000000177. The lowest BCUT2D eigenvalue weighted by Gasteiger charge is -2.14. The number of primary amides is 1. The van der Waals surface area contributed by atoms with Crippen molar-refractivity contribution in [2.75, 3.05) is 5.32 Å². The number of rotatable bonds is 3. The normalized spacial score (nSPS) is 18.4. The Hall–Kier alpha value is -1.81. The summed E-state index contributed by atoms with van der Waals surface area (Å²) in [6.07, 6.45) is 5.31. The molecule has 7 nitrogen and oxygen atoms in total. The van der Waals surface area contributed by atoms with E-state index in [1.165, 1.54) is 33.9 Å². The first-order valence-corrected chi connectivity index (χ1v) is 11.8. The maximum absolute atomic E-state index is 11.1. The molecule has 0 aromatic carbocycles. The van der Waals surface area contributed by atoms with Gasteiger partial charge in [0.2, 0.25) is 0 Å². The summed E-state index contributed by atoms with van der Waals surface area (Å²) >= 11 is 1.30. The van der Waals surface area contributed by atoms with Crippen molar-refractivity contribution >= 4 is 34.0 Å². The minimum atomic E-state index is -1.44. The molecular weight excluding hydrogens is 408 g/mol. The van der Waals surface area contributed by atoms with Crippen LogP contribution in [0.2, 0.25) is 0 Å². The first-order chi connectivity index (χ1) is 13.6. The number of nitrogens with one attached hydrogen (secondary N) is 1. The second kappa shape index (κ2) is 8.51. The number of aliphatic hydroxyl groups is 1. The van der Waals surface area contributed by atoms with Crippen molar-refractivity contribution in [3.8, 4) is 0 Å². The molecule has 2 atom stereocenters. The molecule has 2 aromatic heterocycles. The lowest BCUT2D eigenvalue weighted by Crippen LogP contribution is -2.21. The highest BCUT2D eigenvalue weighted by Crippen LogP contribution is 2.40. The second-order valence-corrected chi connectivity index (χ2v) is 10.3. The number of nitrogens with two attached hydrogens (primary N) is 2. The van der Waals surface area contributed by atoms with Gasteiger partial charge in [-0.1, -0.05) is 6.92 Å². The fourth-order valence-electron chi connectivity index (χ4n) is 3.82. The maximum atomic E-state index is 11.1. The number of amides is 2. The summed E-state index contributed by atoms with van der Waals surface area (Å²) in [6.45, 7) is 5.56. The zero-order chi connectivity index (χ0) is 21.3. The average molecular weight is 437 g/mol. The van der Waals surface area contributed by atoms with Gasteiger partial charge >= 0.3 is 6.03 Å². The number of aryl methyl sites for hydroxylation is 1. The predicted molar refractivity (Wildman–Crippen MR) is 116 cm³/mol. The van der Waals surface area contributed by atoms with Gasteiger partial charge in [0.15, 0.2) is 0 Å². The van der Waals surface area contributed by atoms with E-state index in [2.05, 4.69) is 12.2 Å². The monoisotopic (exact) mass is 436 g/mol. The Bertz CT molecular complexity index is 950. The molecule has 29 heavy (non-hydrogen) atoms. The number of aromatic nitrogens is 1.